The molecule has 0 unspecified atom stereocenters. The van der Waals surface area contributed by atoms with Gasteiger partial charge in [0.15, 0.2) is 0 Å². The van der Waals surface area contributed by atoms with Gasteiger partial charge >= 0.3 is 7.12 Å². The maximum atomic E-state index is 9.53. The molecule has 0 spiro atoms. The van der Waals surface area contributed by atoms with Crippen molar-refractivity contribution in [3.63, 3.8) is 0 Å². The largest absolute Gasteiger partial charge is 0.484 e. The summed E-state index contributed by atoms with van der Waals surface area (Å²) in [5.74, 6) is 0. The Labute approximate surface area is 146 Å². The molecule has 2 aliphatic rings. The molecule has 0 saturated carbocycles. The Morgan fingerprint density at radius 2 is 1.40 bits per heavy atom. The lowest BCUT2D eigenvalue weighted by Crippen LogP contribution is -2.16. The quantitative estimate of drug-likeness (QED) is 0.529. The molecule has 0 heterocycles. The van der Waals surface area contributed by atoms with E-state index in [1.165, 1.54) is 33.0 Å². The molecule has 2 N–H and O–H groups in total. The Bertz CT molecular complexity index is 1050. The zero-order valence-corrected chi connectivity index (χ0v) is 13.7. The van der Waals surface area contributed by atoms with Crippen molar-refractivity contribution in [3.8, 4) is 22.3 Å². The lowest BCUT2D eigenvalue weighted by atomic mass is 9.73. The summed E-state index contributed by atoms with van der Waals surface area (Å²) < 4.78 is 0. The third kappa shape index (κ3) is 2.13. The van der Waals surface area contributed by atoms with E-state index in [4.69, 9.17) is 0 Å². The number of hydrogen-bond donors (Lipinski definition) is 2. The maximum absolute atomic E-state index is 9.53. The molecule has 0 saturated heterocycles. The Hall–Kier alpha value is -2.62. The van der Waals surface area contributed by atoms with Crippen molar-refractivity contribution in [1.82, 2.24) is 0 Å². The van der Waals surface area contributed by atoms with Crippen LogP contribution < -0.4 is 0 Å². The number of hydrogen-bond acceptors (Lipinski definition) is 2. The predicted molar refractivity (Wildman–Crippen MR) is 104 cm³/mol. The lowest BCUT2D eigenvalue weighted by molar-refractivity contribution is 0.416. The molecule has 2 nitrogen and oxygen atoms in total. The van der Waals surface area contributed by atoms with Crippen molar-refractivity contribution >= 4 is 23.5 Å². The summed E-state index contributed by atoms with van der Waals surface area (Å²) in [4.78, 5) is 0. The molecule has 3 aromatic rings. The molecule has 0 aromatic heterocycles. The van der Waals surface area contributed by atoms with Crippen LogP contribution in [0.25, 0.3) is 38.6 Å². The third-order valence-electron chi connectivity index (χ3n) is 5.33. The molecule has 0 bridgehead atoms. The summed E-state index contributed by atoms with van der Waals surface area (Å²) in [5.41, 5.74) is 8.07. The van der Waals surface area contributed by atoms with Gasteiger partial charge in [-0.1, -0.05) is 66.7 Å². The molecule has 3 heteroatoms. The number of benzene rings is 3. The summed E-state index contributed by atoms with van der Waals surface area (Å²) in [6.45, 7) is 0. The second-order valence-corrected chi connectivity index (χ2v) is 6.73. The van der Waals surface area contributed by atoms with Gasteiger partial charge in [-0.15, -0.1) is 0 Å². The Morgan fingerprint density at radius 1 is 0.720 bits per heavy atom. The van der Waals surface area contributed by atoms with Crippen molar-refractivity contribution < 1.29 is 10.0 Å². The van der Waals surface area contributed by atoms with Crippen LogP contribution in [0.4, 0.5) is 0 Å². The van der Waals surface area contributed by atoms with Crippen LogP contribution >= 0.6 is 0 Å². The van der Waals surface area contributed by atoms with Crippen molar-refractivity contribution in [1.29, 1.82) is 0 Å². The first-order valence-electron chi connectivity index (χ1n) is 8.66. The van der Waals surface area contributed by atoms with E-state index in [0.29, 0.717) is 11.9 Å². The van der Waals surface area contributed by atoms with Crippen LogP contribution in [-0.4, -0.2) is 17.2 Å². The Kier molecular flexibility index (Phi) is 3.20. The van der Waals surface area contributed by atoms with Crippen LogP contribution in [0.2, 0.25) is 0 Å². The number of rotatable bonds is 2. The van der Waals surface area contributed by atoms with Gasteiger partial charge in [-0.2, -0.15) is 0 Å². The highest BCUT2D eigenvalue weighted by Gasteiger charge is 2.23. The third-order valence-corrected chi connectivity index (χ3v) is 5.33. The molecule has 0 aliphatic heterocycles. The standard InChI is InChI=1S/C22H17BO2/c24-23(25)15-6-3-5-14(13-15)16-11-12-21-18-8-2-1-7-17(18)20-10-4-9-19(16)22(20)21/h1-2,4-5,7-13,24-25H,3,6H2. The zero-order valence-electron chi connectivity index (χ0n) is 13.7. The molecule has 0 atom stereocenters. The summed E-state index contributed by atoms with van der Waals surface area (Å²) in [6.07, 6.45) is 5.66. The summed E-state index contributed by atoms with van der Waals surface area (Å²) >= 11 is 0. The Morgan fingerprint density at radius 3 is 2.16 bits per heavy atom. The summed E-state index contributed by atoms with van der Waals surface area (Å²) in [7, 11) is -1.37. The minimum Gasteiger partial charge on any atom is -0.423 e. The Balaban J connectivity index is 1.77. The summed E-state index contributed by atoms with van der Waals surface area (Å²) in [6, 6.07) is 19.4. The highest BCUT2D eigenvalue weighted by molar-refractivity contribution is 6.51. The second kappa shape index (κ2) is 5.45. The molecule has 0 amide bonds. The molecule has 5 rings (SSSR count). The van der Waals surface area contributed by atoms with E-state index in [9.17, 15) is 10.0 Å². The van der Waals surface area contributed by atoms with Gasteiger partial charge in [0.25, 0.3) is 0 Å². The van der Waals surface area contributed by atoms with Gasteiger partial charge in [0.05, 0.1) is 0 Å². The average molecular weight is 324 g/mol. The lowest BCUT2D eigenvalue weighted by Gasteiger charge is -2.16. The normalized spacial score (nSPS) is 15.0. The smallest absolute Gasteiger partial charge is 0.423 e. The molecular weight excluding hydrogens is 307 g/mol. The first-order chi connectivity index (χ1) is 12.2. The molecule has 3 aromatic carbocycles. The monoisotopic (exact) mass is 324 g/mol. The van der Waals surface area contributed by atoms with Gasteiger partial charge in [0, 0.05) is 0 Å². The van der Waals surface area contributed by atoms with Gasteiger partial charge in [-0.25, -0.2) is 0 Å². The average Bonchev–Trinajstić information content (AvgIpc) is 2.98. The van der Waals surface area contributed by atoms with Gasteiger partial charge in [-0.05, 0) is 62.5 Å². The number of fused-ring (bicyclic) bond motifs is 3. The molecule has 120 valence electrons. The van der Waals surface area contributed by atoms with E-state index in [2.05, 4.69) is 60.7 Å². The van der Waals surface area contributed by atoms with Gasteiger partial charge < -0.3 is 10.0 Å². The van der Waals surface area contributed by atoms with E-state index >= 15 is 0 Å². The van der Waals surface area contributed by atoms with E-state index in [0.717, 1.165) is 17.6 Å². The molecule has 0 fully saturated rings. The molecule has 0 radical (unpaired) electrons. The molecule has 25 heavy (non-hydrogen) atoms. The SMILES string of the molecule is OB(O)C1=CC(c2ccc3c4c(cccc24)-c2ccccc2-3)=CCC1. The minimum atomic E-state index is -1.37. The van der Waals surface area contributed by atoms with Crippen LogP contribution in [0.15, 0.2) is 72.2 Å². The van der Waals surface area contributed by atoms with E-state index in [1.54, 1.807) is 0 Å². The van der Waals surface area contributed by atoms with Crippen LogP contribution in [0.5, 0.6) is 0 Å². The first-order valence-corrected chi connectivity index (χ1v) is 8.66. The van der Waals surface area contributed by atoms with Crippen molar-refractivity contribution in [2.24, 2.45) is 0 Å². The fraction of sp³-hybridized carbons (Fsp3) is 0.0909. The van der Waals surface area contributed by atoms with Crippen molar-refractivity contribution in [3.05, 3.63) is 77.8 Å². The van der Waals surface area contributed by atoms with Crippen LogP contribution in [-0.2, 0) is 0 Å². The van der Waals surface area contributed by atoms with E-state index in [1.807, 2.05) is 6.08 Å². The number of allylic oxidation sites excluding steroid dienone is 4. The van der Waals surface area contributed by atoms with E-state index in [-0.39, 0.29) is 0 Å². The minimum absolute atomic E-state index is 0.684. The maximum Gasteiger partial charge on any atom is 0.484 e. The van der Waals surface area contributed by atoms with Crippen molar-refractivity contribution in [2.75, 3.05) is 0 Å². The first kappa shape index (κ1) is 14.7. The van der Waals surface area contributed by atoms with Crippen LogP contribution in [0.1, 0.15) is 18.4 Å². The zero-order chi connectivity index (χ0) is 17.0. The summed E-state index contributed by atoms with van der Waals surface area (Å²) in [5, 5.41) is 21.6. The fourth-order valence-corrected chi connectivity index (χ4v) is 4.18. The van der Waals surface area contributed by atoms with Gasteiger partial charge in [-0.3, -0.25) is 0 Å². The van der Waals surface area contributed by atoms with Gasteiger partial charge in [0.1, 0.15) is 0 Å². The molecular formula is C22H17BO2. The fourth-order valence-electron chi connectivity index (χ4n) is 4.18. The topological polar surface area (TPSA) is 40.5 Å². The van der Waals surface area contributed by atoms with E-state index < -0.39 is 7.12 Å². The van der Waals surface area contributed by atoms with Crippen molar-refractivity contribution in [2.45, 2.75) is 12.8 Å². The van der Waals surface area contributed by atoms with Crippen LogP contribution in [0, 0.1) is 0 Å². The highest BCUT2D eigenvalue weighted by atomic mass is 16.4. The highest BCUT2D eigenvalue weighted by Crippen LogP contribution is 2.48. The van der Waals surface area contributed by atoms with Gasteiger partial charge in [0.2, 0.25) is 0 Å². The second-order valence-electron chi connectivity index (χ2n) is 6.73. The molecule has 2 aliphatic carbocycles. The predicted octanol–water partition coefficient (Wildman–Crippen LogP) is 4.60. The van der Waals surface area contributed by atoms with Crippen LogP contribution in [0.3, 0.4) is 0 Å².